The molecule has 0 unspecified atom stereocenters. The van der Waals surface area contributed by atoms with Gasteiger partial charge in [0.1, 0.15) is 10.8 Å². The fraction of sp³-hybridized carbons (Fsp3) is 0.111. The van der Waals surface area contributed by atoms with Crippen LogP contribution in [0.3, 0.4) is 0 Å². The van der Waals surface area contributed by atoms with Gasteiger partial charge in [0.05, 0.1) is 22.5 Å². The number of halogens is 4. The van der Waals surface area contributed by atoms with Crippen molar-refractivity contribution in [2.24, 2.45) is 0 Å². The van der Waals surface area contributed by atoms with Crippen molar-refractivity contribution in [2.45, 2.75) is 20.0 Å². The Kier molecular flexibility index (Phi) is 6.75. The first-order valence-electron chi connectivity index (χ1n) is 10.9. The zero-order chi connectivity index (χ0) is 27.1. The summed E-state index contributed by atoms with van der Waals surface area (Å²) in [4.78, 5) is 25.6. The van der Waals surface area contributed by atoms with E-state index in [2.05, 4.69) is 5.32 Å². The average molecular weight is 529 g/mol. The first-order valence-corrected chi connectivity index (χ1v) is 11.3. The maximum Gasteiger partial charge on any atom is 0.416 e. The van der Waals surface area contributed by atoms with Crippen LogP contribution < -0.4 is 10.2 Å². The Morgan fingerprint density at radius 2 is 1.76 bits per heavy atom. The first kappa shape index (κ1) is 25.8. The molecule has 10 heteroatoms. The lowest BCUT2D eigenvalue weighted by Gasteiger charge is -2.19. The van der Waals surface area contributed by atoms with Crippen molar-refractivity contribution >= 4 is 52.2 Å². The van der Waals surface area contributed by atoms with Gasteiger partial charge < -0.3 is 15.5 Å². The summed E-state index contributed by atoms with van der Waals surface area (Å²) in [7, 11) is 0. The predicted molar refractivity (Wildman–Crippen MR) is 136 cm³/mol. The number of amides is 1. The number of benzene rings is 3. The monoisotopic (exact) mass is 528 g/mol. The van der Waals surface area contributed by atoms with Crippen LogP contribution in [0, 0.1) is 13.8 Å². The Morgan fingerprint density at radius 1 is 1.03 bits per heavy atom. The van der Waals surface area contributed by atoms with Crippen molar-refractivity contribution < 1.29 is 33.0 Å². The molecule has 1 amide bonds. The number of phenolic OH excluding ortho intramolecular Hbond substituents is 1. The number of carboxylic acid groups (broad SMARTS) is 1. The van der Waals surface area contributed by atoms with E-state index in [4.69, 9.17) is 16.7 Å². The Bertz CT molecular complexity index is 1500. The molecule has 3 N–H and O–H groups in total. The molecule has 0 bridgehead atoms. The third kappa shape index (κ3) is 5.17. The number of aliphatic carboxylic acids is 1. The molecule has 0 spiro atoms. The smallest absolute Gasteiger partial charge is 0.416 e. The highest BCUT2D eigenvalue weighted by atomic mass is 35.5. The lowest BCUT2D eigenvalue weighted by Crippen LogP contribution is -2.21. The molecule has 0 atom stereocenters. The molecule has 37 heavy (non-hydrogen) atoms. The number of carboxylic acids is 1. The SMILES string of the molecule is Cc1ccc(N2C(=O)C(=CNc3ccc(C=C(Cl)C(=O)O)cc3O)c3ccc(C(F)(F)F)cc32)cc1C. The summed E-state index contributed by atoms with van der Waals surface area (Å²) in [5, 5.41) is 21.6. The van der Waals surface area contributed by atoms with Gasteiger partial charge in [-0.05, 0) is 73.0 Å². The lowest BCUT2D eigenvalue weighted by molar-refractivity contribution is -0.137. The van der Waals surface area contributed by atoms with Gasteiger partial charge in [-0.15, -0.1) is 0 Å². The fourth-order valence-corrected chi connectivity index (χ4v) is 3.97. The normalized spacial score (nSPS) is 14.8. The van der Waals surface area contributed by atoms with E-state index in [1.54, 1.807) is 18.2 Å². The van der Waals surface area contributed by atoms with Crippen molar-refractivity contribution in [2.75, 3.05) is 10.2 Å². The van der Waals surface area contributed by atoms with Gasteiger partial charge in [0.25, 0.3) is 5.91 Å². The molecule has 0 radical (unpaired) electrons. The molecule has 3 aromatic carbocycles. The van der Waals surface area contributed by atoms with Gasteiger partial charge in [-0.1, -0.05) is 29.8 Å². The van der Waals surface area contributed by atoms with E-state index in [0.29, 0.717) is 11.3 Å². The number of hydrogen-bond donors (Lipinski definition) is 3. The largest absolute Gasteiger partial charge is 0.506 e. The van der Waals surface area contributed by atoms with Gasteiger partial charge in [-0.3, -0.25) is 9.69 Å². The van der Waals surface area contributed by atoms with Gasteiger partial charge in [0.2, 0.25) is 0 Å². The van der Waals surface area contributed by atoms with Crippen LogP contribution in [0.1, 0.15) is 27.8 Å². The molecule has 0 saturated heterocycles. The Hall–Kier alpha value is -4.24. The van der Waals surface area contributed by atoms with E-state index in [1.807, 2.05) is 13.8 Å². The number of carbonyl (C=O) groups is 2. The molecule has 4 rings (SSSR count). The molecule has 190 valence electrons. The minimum Gasteiger partial charge on any atom is -0.506 e. The number of phenols is 1. The third-order valence-corrected chi connectivity index (χ3v) is 6.20. The van der Waals surface area contributed by atoms with E-state index in [-0.39, 0.29) is 28.3 Å². The van der Waals surface area contributed by atoms with E-state index in [0.717, 1.165) is 29.3 Å². The highest BCUT2D eigenvalue weighted by Crippen LogP contribution is 2.44. The van der Waals surface area contributed by atoms with Crippen molar-refractivity contribution in [3.8, 4) is 5.75 Å². The minimum absolute atomic E-state index is 0.0872. The topological polar surface area (TPSA) is 89.9 Å². The molecule has 0 aliphatic carbocycles. The Balaban J connectivity index is 1.75. The number of alkyl halides is 3. The van der Waals surface area contributed by atoms with Gasteiger partial charge in [0, 0.05) is 17.5 Å². The van der Waals surface area contributed by atoms with Crippen LogP contribution >= 0.6 is 11.6 Å². The van der Waals surface area contributed by atoms with E-state index in [1.165, 1.54) is 35.4 Å². The Morgan fingerprint density at radius 3 is 2.38 bits per heavy atom. The number of nitrogens with zero attached hydrogens (tertiary/aromatic N) is 1. The van der Waals surface area contributed by atoms with Crippen LogP contribution in [0.4, 0.5) is 30.2 Å². The average Bonchev–Trinajstić information content (AvgIpc) is 3.10. The minimum atomic E-state index is -4.59. The standard InChI is InChI=1S/C27H20ClF3N2O4/c1-14-3-6-18(9-15(14)2)33-23-12-17(27(29,30)31)5-7-19(23)20(25(33)35)13-32-22-8-4-16(11-24(22)34)10-21(28)26(36)37/h3-13,32,34H,1-2H3,(H,36,37). The van der Waals surface area contributed by atoms with Crippen molar-refractivity contribution in [3.63, 3.8) is 0 Å². The Labute approximate surface area is 214 Å². The van der Waals surface area contributed by atoms with Gasteiger partial charge in [0.15, 0.2) is 0 Å². The summed E-state index contributed by atoms with van der Waals surface area (Å²) >= 11 is 5.62. The van der Waals surface area contributed by atoms with Crippen LogP contribution in [0.25, 0.3) is 11.6 Å². The summed E-state index contributed by atoms with van der Waals surface area (Å²) in [6.07, 6.45) is -2.13. The molecule has 3 aromatic rings. The number of fused-ring (bicyclic) bond motifs is 1. The van der Waals surface area contributed by atoms with Crippen LogP contribution in [-0.2, 0) is 15.8 Å². The maximum atomic E-state index is 13.5. The van der Waals surface area contributed by atoms with Crippen LogP contribution in [-0.4, -0.2) is 22.1 Å². The maximum absolute atomic E-state index is 13.5. The number of aryl methyl sites for hydroxylation is 2. The van der Waals surface area contributed by atoms with E-state index >= 15 is 0 Å². The van der Waals surface area contributed by atoms with Crippen LogP contribution in [0.2, 0.25) is 0 Å². The molecule has 1 aliphatic rings. The summed E-state index contributed by atoms with van der Waals surface area (Å²) in [6.45, 7) is 3.73. The van der Waals surface area contributed by atoms with E-state index < -0.39 is 28.6 Å². The predicted octanol–water partition coefficient (Wildman–Crippen LogP) is 6.82. The quantitative estimate of drug-likeness (QED) is 0.250. The fourth-order valence-electron chi connectivity index (χ4n) is 3.84. The summed E-state index contributed by atoms with van der Waals surface area (Å²) < 4.78 is 40.4. The van der Waals surface area contributed by atoms with Crippen molar-refractivity contribution in [1.29, 1.82) is 0 Å². The summed E-state index contributed by atoms with van der Waals surface area (Å²) in [5.74, 6) is -2.13. The molecule has 0 aromatic heterocycles. The number of hydrogen-bond acceptors (Lipinski definition) is 4. The second-order valence-corrected chi connectivity index (χ2v) is 8.82. The second-order valence-electron chi connectivity index (χ2n) is 8.42. The number of anilines is 3. The van der Waals surface area contributed by atoms with Gasteiger partial charge in [-0.2, -0.15) is 13.2 Å². The highest BCUT2D eigenvalue weighted by molar-refractivity contribution is 6.43. The molecular weight excluding hydrogens is 509 g/mol. The molecular formula is C27H20ClF3N2O4. The third-order valence-electron chi connectivity index (χ3n) is 5.93. The highest BCUT2D eigenvalue weighted by Gasteiger charge is 2.38. The lowest BCUT2D eigenvalue weighted by atomic mass is 10.0. The van der Waals surface area contributed by atoms with E-state index in [9.17, 15) is 27.9 Å². The molecule has 1 aliphatic heterocycles. The van der Waals surface area contributed by atoms with Crippen molar-refractivity contribution in [3.05, 3.63) is 93.6 Å². The number of nitrogens with one attached hydrogen (secondary N) is 1. The second kappa shape index (κ2) is 9.67. The van der Waals surface area contributed by atoms with Gasteiger partial charge in [-0.25, -0.2) is 4.79 Å². The number of rotatable bonds is 5. The van der Waals surface area contributed by atoms with Gasteiger partial charge >= 0.3 is 12.1 Å². The zero-order valence-corrected chi connectivity index (χ0v) is 20.3. The number of carbonyl (C=O) groups excluding carboxylic acids is 1. The van der Waals surface area contributed by atoms with Crippen molar-refractivity contribution in [1.82, 2.24) is 0 Å². The van der Waals surface area contributed by atoms with Crippen LogP contribution in [0.15, 0.2) is 65.8 Å². The molecule has 0 fully saturated rings. The number of aromatic hydroxyl groups is 1. The molecule has 6 nitrogen and oxygen atoms in total. The first-order chi connectivity index (χ1) is 17.4. The molecule has 1 heterocycles. The molecule has 0 saturated carbocycles. The van der Waals surface area contributed by atoms with Crippen LogP contribution in [0.5, 0.6) is 5.75 Å². The summed E-state index contributed by atoms with van der Waals surface area (Å²) in [6, 6.07) is 12.5. The zero-order valence-electron chi connectivity index (χ0n) is 19.5. The summed E-state index contributed by atoms with van der Waals surface area (Å²) in [5.41, 5.74) is 2.36.